The van der Waals surface area contributed by atoms with Gasteiger partial charge in [0.2, 0.25) is 6.33 Å². The van der Waals surface area contributed by atoms with E-state index in [1.54, 1.807) is 20.9 Å². The monoisotopic (exact) mass is 558 g/mol. The molecule has 0 saturated heterocycles. The van der Waals surface area contributed by atoms with Crippen molar-refractivity contribution in [2.75, 3.05) is 13.2 Å². The number of aromatic nitrogens is 2. The van der Waals surface area contributed by atoms with Crippen LogP contribution in [0.2, 0.25) is 0 Å². The summed E-state index contributed by atoms with van der Waals surface area (Å²) in [6, 6.07) is 19.7. The van der Waals surface area contributed by atoms with Gasteiger partial charge in [0.25, 0.3) is 0 Å². The molecule has 0 atom stereocenters. The minimum absolute atomic E-state index is 0.0997. The number of carbonyl (C=O) groups is 2. The van der Waals surface area contributed by atoms with Crippen LogP contribution in [-0.4, -0.2) is 39.6 Å². The van der Waals surface area contributed by atoms with Gasteiger partial charge in [-0.2, -0.15) is 0 Å². The molecule has 1 N–H and O–H groups in total. The van der Waals surface area contributed by atoms with Gasteiger partial charge in [0, 0.05) is 18.4 Å². The summed E-state index contributed by atoms with van der Waals surface area (Å²) >= 11 is 0. The van der Waals surface area contributed by atoms with Crippen molar-refractivity contribution in [3.8, 4) is 0 Å². The van der Waals surface area contributed by atoms with E-state index in [2.05, 4.69) is 10.3 Å². The average Bonchev–Trinajstić information content (AvgIpc) is 3.35. The van der Waals surface area contributed by atoms with Crippen molar-refractivity contribution in [1.29, 1.82) is 0 Å². The van der Waals surface area contributed by atoms with E-state index in [-0.39, 0.29) is 30.1 Å². The molecule has 1 aliphatic rings. The number of rotatable bonds is 12. The molecule has 0 aliphatic carbocycles. The first kappa shape index (κ1) is 29.3. The summed E-state index contributed by atoms with van der Waals surface area (Å²) in [6.45, 7) is 3.65. The lowest BCUT2D eigenvalue weighted by Crippen LogP contribution is -2.33. The number of carbonyl (C=O) groups excluding carboxylic acids is 2. The smallest absolute Gasteiger partial charge is 0.385 e. The number of dihydropyridines is 1. The first-order chi connectivity index (χ1) is 19.8. The molecule has 4 rings (SSSR count). The zero-order valence-corrected chi connectivity index (χ0v) is 23.5. The molecule has 41 heavy (non-hydrogen) atoms. The van der Waals surface area contributed by atoms with E-state index in [4.69, 9.17) is 9.47 Å². The van der Waals surface area contributed by atoms with E-state index in [1.807, 2.05) is 60.7 Å². The Labute approximate surface area is 238 Å². The average molecular weight is 559 g/mol. The molecule has 0 radical (unpaired) electrons. The number of hydrogen-bond donors (Lipinski definition) is 1. The molecule has 0 saturated carbocycles. The number of esters is 2. The lowest BCUT2D eigenvalue weighted by molar-refractivity contribution is -0.390. The highest BCUT2D eigenvalue weighted by molar-refractivity contribution is 6.00. The zero-order valence-electron chi connectivity index (χ0n) is 23.5. The van der Waals surface area contributed by atoms with Crippen molar-refractivity contribution in [3.05, 3.63) is 116 Å². The minimum Gasteiger partial charge on any atom is -0.462 e. The molecular weight excluding hydrogens is 524 g/mol. The molecule has 1 aromatic heterocycles. The van der Waals surface area contributed by atoms with E-state index in [1.165, 1.54) is 10.9 Å². The van der Waals surface area contributed by atoms with Crippen LogP contribution in [0.3, 0.4) is 0 Å². The quantitative estimate of drug-likeness (QED) is 0.144. The van der Waals surface area contributed by atoms with Gasteiger partial charge in [-0.3, -0.25) is 0 Å². The molecule has 10 heteroatoms. The van der Waals surface area contributed by atoms with Crippen molar-refractivity contribution in [3.63, 3.8) is 0 Å². The number of benzene rings is 2. The van der Waals surface area contributed by atoms with Crippen molar-refractivity contribution in [2.45, 2.75) is 45.4 Å². The lowest BCUT2D eigenvalue weighted by atomic mass is 9.82. The Balaban J connectivity index is 1.56. The van der Waals surface area contributed by atoms with Gasteiger partial charge in [0.1, 0.15) is 5.69 Å². The Kier molecular flexibility index (Phi) is 9.68. The molecule has 10 nitrogen and oxygen atoms in total. The Hall–Kier alpha value is -4.73. The van der Waals surface area contributed by atoms with E-state index in [9.17, 15) is 19.7 Å². The second-order valence-electron chi connectivity index (χ2n) is 9.91. The molecule has 2 aromatic carbocycles. The predicted molar refractivity (Wildman–Crippen MR) is 153 cm³/mol. The third kappa shape index (κ3) is 7.08. The van der Waals surface area contributed by atoms with Crippen LogP contribution in [-0.2, 0) is 39.0 Å². The first-order valence-electron chi connectivity index (χ1n) is 13.5. The van der Waals surface area contributed by atoms with Gasteiger partial charge in [0.05, 0.1) is 30.3 Å². The molecule has 0 amide bonds. The minimum atomic E-state index is -1.10. The summed E-state index contributed by atoms with van der Waals surface area (Å²) in [7, 11) is 1.59. The maximum Gasteiger partial charge on any atom is 0.385 e. The summed E-state index contributed by atoms with van der Waals surface area (Å²) in [5, 5.41) is 15.0. The second kappa shape index (κ2) is 13.6. The lowest BCUT2D eigenvalue weighted by Gasteiger charge is -2.30. The number of allylic oxidation sites excluding steroid dienone is 2. The number of nitro groups is 1. The van der Waals surface area contributed by atoms with Crippen LogP contribution < -0.4 is 5.32 Å². The summed E-state index contributed by atoms with van der Waals surface area (Å²) in [6.07, 6.45) is 3.93. The Morgan fingerprint density at radius 1 is 0.878 bits per heavy atom. The Morgan fingerprint density at radius 2 is 1.34 bits per heavy atom. The fourth-order valence-electron chi connectivity index (χ4n) is 5.04. The highest BCUT2D eigenvalue weighted by atomic mass is 16.6. The van der Waals surface area contributed by atoms with Gasteiger partial charge >= 0.3 is 17.8 Å². The molecular formula is C31H34N4O6. The van der Waals surface area contributed by atoms with Gasteiger partial charge < -0.3 is 29.5 Å². The van der Waals surface area contributed by atoms with Crippen LogP contribution in [0.1, 0.15) is 49.4 Å². The maximum absolute atomic E-state index is 13.5. The van der Waals surface area contributed by atoms with Gasteiger partial charge in [0.15, 0.2) is 0 Å². The van der Waals surface area contributed by atoms with Crippen LogP contribution in [0, 0.1) is 10.1 Å². The predicted octanol–water partition coefficient (Wildman–Crippen LogP) is 4.92. The Morgan fingerprint density at radius 3 is 1.78 bits per heavy atom. The number of nitrogens with one attached hydrogen (secondary N) is 1. The number of ether oxygens (including phenoxy) is 2. The molecule has 0 unspecified atom stereocenters. The normalized spacial score (nSPS) is 13.6. The zero-order chi connectivity index (χ0) is 29.4. The van der Waals surface area contributed by atoms with Crippen LogP contribution in [0.4, 0.5) is 5.82 Å². The van der Waals surface area contributed by atoms with E-state index in [0.717, 1.165) is 24.0 Å². The fraction of sp³-hybridized carbons (Fsp3) is 0.323. The van der Waals surface area contributed by atoms with Gasteiger partial charge in [-0.05, 0) is 60.6 Å². The maximum atomic E-state index is 13.5. The van der Waals surface area contributed by atoms with E-state index < -0.39 is 28.6 Å². The van der Waals surface area contributed by atoms with Gasteiger partial charge in [-0.1, -0.05) is 60.7 Å². The molecule has 2 heterocycles. The standard InChI is InChI=1S/C31H34N4O6/c1-21-25(30(36)40-18-10-16-23-12-6-4-7-13-23)27(28-29(35(38)39)32-20-34(28)3)26(22(2)33-21)31(37)41-19-11-17-24-14-8-5-9-15-24/h4-9,12-15,20,27,33H,10-11,16-19H2,1-3H3. The second-order valence-corrected chi connectivity index (χ2v) is 9.91. The van der Waals surface area contributed by atoms with Crippen molar-refractivity contribution < 1.29 is 24.0 Å². The third-order valence-corrected chi connectivity index (χ3v) is 6.98. The summed E-state index contributed by atoms with van der Waals surface area (Å²) in [4.78, 5) is 42.3. The molecule has 214 valence electrons. The largest absolute Gasteiger partial charge is 0.462 e. The molecule has 3 aromatic rings. The van der Waals surface area contributed by atoms with Gasteiger partial charge in [-0.25, -0.2) is 9.59 Å². The molecule has 0 spiro atoms. The highest BCUT2D eigenvalue weighted by Gasteiger charge is 2.43. The Bertz CT molecular complexity index is 1380. The van der Waals surface area contributed by atoms with Gasteiger partial charge in [-0.15, -0.1) is 0 Å². The fourth-order valence-corrected chi connectivity index (χ4v) is 5.04. The van der Waals surface area contributed by atoms with Crippen LogP contribution in [0.5, 0.6) is 0 Å². The van der Waals surface area contributed by atoms with Crippen molar-refractivity contribution in [1.82, 2.24) is 14.9 Å². The number of hydrogen-bond acceptors (Lipinski definition) is 8. The number of imidazole rings is 1. The number of aryl methyl sites for hydroxylation is 3. The summed E-state index contributed by atoms with van der Waals surface area (Å²) < 4.78 is 12.7. The van der Waals surface area contributed by atoms with Crippen LogP contribution in [0.25, 0.3) is 0 Å². The topological polar surface area (TPSA) is 126 Å². The van der Waals surface area contributed by atoms with Crippen LogP contribution in [0.15, 0.2) is 89.5 Å². The van der Waals surface area contributed by atoms with E-state index in [0.29, 0.717) is 24.2 Å². The summed E-state index contributed by atoms with van der Waals surface area (Å²) in [5.74, 6) is -2.87. The SMILES string of the molecule is CC1=C(C(=O)OCCCc2ccccc2)C(c2c([N+](=O)[O-])ncn2C)C(C(=O)OCCCc2ccccc2)=C(C)N1. The molecule has 0 bridgehead atoms. The van der Waals surface area contributed by atoms with Crippen molar-refractivity contribution >= 4 is 17.8 Å². The molecule has 0 fully saturated rings. The van der Waals surface area contributed by atoms with Crippen LogP contribution >= 0.6 is 0 Å². The van der Waals surface area contributed by atoms with Crippen molar-refractivity contribution in [2.24, 2.45) is 7.05 Å². The summed E-state index contributed by atoms with van der Waals surface area (Å²) in [5.41, 5.74) is 3.45. The third-order valence-electron chi connectivity index (χ3n) is 6.98. The van der Waals surface area contributed by atoms with E-state index >= 15 is 0 Å². The molecule has 1 aliphatic heterocycles. The number of nitrogens with zero attached hydrogens (tertiary/aromatic N) is 3. The first-order valence-corrected chi connectivity index (χ1v) is 13.5. The highest BCUT2D eigenvalue weighted by Crippen LogP contribution is 2.42.